The van der Waals surface area contributed by atoms with Crippen molar-refractivity contribution >= 4 is 17.1 Å². The zero-order chi connectivity index (χ0) is 16.6. The Morgan fingerprint density at radius 2 is 1.96 bits per heavy atom. The molecule has 1 fully saturated rings. The smallest absolute Gasteiger partial charge is 0.329 e. The summed E-state index contributed by atoms with van der Waals surface area (Å²) in [5, 5.41) is 3.32. The quantitative estimate of drug-likeness (QED) is 0.757. The Bertz CT molecular complexity index is 814. The number of aromatic nitrogens is 4. The number of anilines is 1. The van der Waals surface area contributed by atoms with Gasteiger partial charge in [0.2, 0.25) is 5.95 Å². The molecule has 2 aromatic rings. The Balaban J connectivity index is 1.84. The SMILES string of the molecule is C[C@@H](CN1CCOCC1)Nc1nc2c(c(=O)[nH]c(=O)n2C)n1C. The molecule has 0 unspecified atom stereocenters. The Labute approximate surface area is 132 Å². The van der Waals surface area contributed by atoms with Gasteiger partial charge in [-0.05, 0) is 6.92 Å². The van der Waals surface area contributed by atoms with Crippen LogP contribution < -0.4 is 16.6 Å². The fraction of sp³-hybridized carbons (Fsp3) is 0.643. The Hall–Kier alpha value is -2.13. The van der Waals surface area contributed by atoms with E-state index in [9.17, 15) is 9.59 Å². The molecule has 1 aliphatic rings. The third-order valence-corrected chi connectivity index (χ3v) is 4.15. The van der Waals surface area contributed by atoms with Gasteiger partial charge in [-0.1, -0.05) is 0 Å². The molecular weight excluding hydrogens is 300 g/mol. The largest absolute Gasteiger partial charge is 0.379 e. The molecule has 0 bridgehead atoms. The number of aryl methyl sites for hydroxylation is 2. The van der Waals surface area contributed by atoms with Crippen LogP contribution >= 0.6 is 0 Å². The second-order valence-corrected chi connectivity index (χ2v) is 5.94. The monoisotopic (exact) mass is 322 g/mol. The van der Waals surface area contributed by atoms with Gasteiger partial charge in [-0.25, -0.2) is 4.79 Å². The van der Waals surface area contributed by atoms with Gasteiger partial charge in [0.05, 0.1) is 13.2 Å². The van der Waals surface area contributed by atoms with Crippen molar-refractivity contribution < 1.29 is 4.74 Å². The van der Waals surface area contributed by atoms with Crippen LogP contribution in [0.4, 0.5) is 5.95 Å². The number of fused-ring (bicyclic) bond motifs is 1. The predicted octanol–water partition coefficient (Wildman–Crippen LogP) is -0.907. The van der Waals surface area contributed by atoms with Crippen LogP contribution in [0.1, 0.15) is 6.92 Å². The molecule has 126 valence electrons. The van der Waals surface area contributed by atoms with Gasteiger partial charge in [-0.15, -0.1) is 0 Å². The fourth-order valence-electron chi connectivity index (χ4n) is 2.87. The molecule has 0 aromatic carbocycles. The van der Waals surface area contributed by atoms with Crippen LogP contribution in [-0.2, 0) is 18.8 Å². The molecule has 1 saturated heterocycles. The van der Waals surface area contributed by atoms with E-state index in [4.69, 9.17) is 4.74 Å². The lowest BCUT2D eigenvalue weighted by atomic mass is 10.3. The molecule has 0 radical (unpaired) electrons. The zero-order valence-electron chi connectivity index (χ0n) is 13.6. The standard InChI is InChI=1S/C14H22N6O3/c1-9(8-20-4-6-23-7-5-20)15-13-16-11-10(18(13)2)12(21)17-14(22)19(11)3/h9H,4-8H2,1-3H3,(H,15,16)(H,17,21,22)/t9-/m0/s1. The van der Waals surface area contributed by atoms with Crippen molar-refractivity contribution in [3.8, 4) is 0 Å². The topological polar surface area (TPSA) is 97.2 Å². The highest BCUT2D eigenvalue weighted by atomic mass is 16.5. The number of hydrogen-bond acceptors (Lipinski definition) is 6. The zero-order valence-corrected chi connectivity index (χ0v) is 13.6. The molecule has 3 rings (SSSR count). The first-order chi connectivity index (χ1) is 11.0. The van der Waals surface area contributed by atoms with Gasteiger partial charge >= 0.3 is 5.69 Å². The summed E-state index contributed by atoms with van der Waals surface area (Å²) >= 11 is 0. The highest BCUT2D eigenvalue weighted by Gasteiger charge is 2.18. The normalized spacial score (nSPS) is 17.5. The van der Waals surface area contributed by atoms with E-state index in [0.717, 1.165) is 32.8 Å². The summed E-state index contributed by atoms with van der Waals surface area (Å²) in [7, 11) is 3.35. The first-order valence-corrected chi connectivity index (χ1v) is 7.69. The van der Waals surface area contributed by atoms with Gasteiger partial charge in [-0.2, -0.15) is 4.98 Å². The van der Waals surface area contributed by atoms with E-state index in [1.807, 2.05) is 0 Å². The number of morpholine rings is 1. The maximum Gasteiger partial charge on any atom is 0.329 e. The lowest BCUT2D eigenvalue weighted by Gasteiger charge is -2.29. The highest BCUT2D eigenvalue weighted by Crippen LogP contribution is 2.14. The fourth-order valence-corrected chi connectivity index (χ4v) is 2.87. The van der Waals surface area contributed by atoms with Crippen molar-refractivity contribution in [1.82, 2.24) is 24.0 Å². The first kappa shape index (κ1) is 15.8. The van der Waals surface area contributed by atoms with Crippen molar-refractivity contribution in [3.63, 3.8) is 0 Å². The molecule has 3 heterocycles. The number of imidazole rings is 1. The Kier molecular flexibility index (Phi) is 4.22. The van der Waals surface area contributed by atoms with Crippen molar-refractivity contribution in [1.29, 1.82) is 0 Å². The van der Waals surface area contributed by atoms with E-state index in [-0.39, 0.29) is 6.04 Å². The highest BCUT2D eigenvalue weighted by molar-refractivity contribution is 5.73. The van der Waals surface area contributed by atoms with E-state index in [1.165, 1.54) is 4.57 Å². The summed E-state index contributed by atoms with van der Waals surface area (Å²) in [4.78, 5) is 32.7. The van der Waals surface area contributed by atoms with Crippen LogP contribution in [0.15, 0.2) is 9.59 Å². The van der Waals surface area contributed by atoms with E-state index >= 15 is 0 Å². The van der Waals surface area contributed by atoms with Gasteiger partial charge in [0, 0.05) is 39.8 Å². The number of nitrogens with one attached hydrogen (secondary N) is 2. The van der Waals surface area contributed by atoms with Crippen LogP contribution in [0.3, 0.4) is 0 Å². The first-order valence-electron chi connectivity index (χ1n) is 7.69. The van der Waals surface area contributed by atoms with Crippen molar-refractivity contribution in [3.05, 3.63) is 20.8 Å². The lowest BCUT2D eigenvalue weighted by Crippen LogP contribution is -2.42. The maximum atomic E-state index is 12.0. The third-order valence-electron chi connectivity index (χ3n) is 4.15. The second-order valence-electron chi connectivity index (χ2n) is 5.94. The van der Waals surface area contributed by atoms with Crippen molar-refractivity contribution in [2.24, 2.45) is 14.1 Å². The molecule has 0 amide bonds. The van der Waals surface area contributed by atoms with Gasteiger partial charge in [-0.3, -0.25) is 19.2 Å². The van der Waals surface area contributed by atoms with Crippen LogP contribution in [0.2, 0.25) is 0 Å². The summed E-state index contributed by atoms with van der Waals surface area (Å²) in [6.07, 6.45) is 0. The number of ether oxygens (including phenoxy) is 1. The van der Waals surface area contributed by atoms with Crippen LogP contribution in [0, 0.1) is 0 Å². The molecule has 2 N–H and O–H groups in total. The van der Waals surface area contributed by atoms with Gasteiger partial charge in [0.25, 0.3) is 5.56 Å². The Morgan fingerprint density at radius 3 is 2.65 bits per heavy atom. The van der Waals surface area contributed by atoms with Crippen molar-refractivity contribution in [2.75, 3.05) is 38.2 Å². The van der Waals surface area contributed by atoms with E-state index < -0.39 is 11.2 Å². The summed E-state index contributed by atoms with van der Waals surface area (Å²) in [6.45, 7) is 6.29. The number of rotatable bonds is 4. The van der Waals surface area contributed by atoms with E-state index in [2.05, 4.69) is 27.1 Å². The molecule has 1 atom stereocenters. The second kappa shape index (κ2) is 6.17. The summed E-state index contributed by atoms with van der Waals surface area (Å²) in [5.74, 6) is 0.576. The van der Waals surface area contributed by atoms with Gasteiger partial charge < -0.3 is 14.6 Å². The van der Waals surface area contributed by atoms with Gasteiger partial charge in [0.15, 0.2) is 11.2 Å². The van der Waals surface area contributed by atoms with Crippen LogP contribution in [0.5, 0.6) is 0 Å². The summed E-state index contributed by atoms with van der Waals surface area (Å²) in [6, 6.07) is 0.153. The van der Waals surface area contributed by atoms with Crippen LogP contribution in [0.25, 0.3) is 11.2 Å². The lowest BCUT2D eigenvalue weighted by molar-refractivity contribution is 0.0367. The molecule has 0 aliphatic carbocycles. The van der Waals surface area contributed by atoms with E-state index in [1.54, 1.807) is 18.7 Å². The molecule has 1 aliphatic heterocycles. The van der Waals surface area contributed by atoms with E-state index in [0.29, 0.717) is 17.1 Å². The number of hydrogen-bond donors (Lipinski definition) is 2. The summed E-state index contributed by atoms with van der Waals surface area (Å²) < 4.78 is 8.37. The Morgan fingerprint density at radius 1 is 1.26 bits per heavy atom. The minimum atomic E-state index is -0.464. The maximum absolute atomic E-state index is 12.0. The number of nitrogens with zero attached hydrogens (tertiary/aromatic N) is 4. The molecule has 0 spiro atoms. The van der Waals surface area contributed by atoms with Crippen molar-refractivity contribution in [2.45, 2.75) is 13.0 Å². The third kappa shape index (κ3) is 3.02. The minimum Gasteiger partial charge on any atom is -0.379 e. The number of H-pyrrole nitrogens is 1. The molecule has 23 heavy (non-hydrogen) atoms. The van der Waals surface area contributed by atoms with Gasteiger partial charge in [0.1, 0.15) is 0 Å². The molecular formula is C14H22N6O3. The molecule has 9 heteroatoms. The molecule has 0 saturated carbocycles. The van der Waals surface area contributed by atoms with Crippen LogP contribution in [-0.4, -0.2) is 62.9 Å². The predicted molar refractivity (Wildman–Crippen MR) is 86.9 cm³/mol. The minimum absolute atomic E-state index is 0.153. The molecule has 9 nitrogen and oxygen atoms in total. The average molecular weight is 322 g/mol. The average Bonchev–Trinajstić information content (AvgIpc) is 2.83. The molecule has 2 aromatic heterocycles. The number of aromatic amines is 1. The summed E-state index contributed by atoms with van der Waals surface area (Å²) in [5.41, 5.74) is -0.129.